The Bertz CT molecular complexity index is 1380. The average molecular weight is 529 g/mol. The van der Waals surface area contributed by atoms with Crippen molar-refractivity contribution in [2.45, 2.75) is 43.2 Å². The molecular weight excluding hydrogens is 504 g/mol. The zero-order chi connectivity index (χ0) is 26.0. The number of para-hydroxylation sites is 1. The first-order valence-corrected chi connectivity index (χ1v) is 13.2. The van der Waals surface area contributed by atoms with Gasteiger partial charge in [-0.1, -0.05) is 59.6 Å². The summed E-state index contributed by atoms with van der Waals surface area (Å²) in [5.74, 6) is -1.51. The topological polar surface area (TPSA) is 107 Å². The highest BCUT2D eigenvalue weighted by molar-refractivity contribution is 7.92. The van der Waals surface area contributed by atoms with Crippen molar-refractivity contribution in [3.8, 4) is 0 Å². The van der Waals surface area contributed by atoms with Gasteiger partial charge in [-0.05, 0) is 55.3 Å². The van der Waals surface area contributed by atoms with E-state index in [4.69, 9.17) is 16.3 Å². The zero-order valence-corrected chi connectivity index (χ0v) is 21.3. The molecule has 0 radical (unpaired) electrons. The number of carbonyl (C=O) groups excluding carboxylic acids is 1. The van der Waals surface area contributed by atoms with Crippen molar-refractivity contribution in [2.24, 2.45) is 0 Å². The Morgan fingerprint density at radius 2 is 1.69 bits per heavy atom. The van der Waals surface area contributed by atoms with Gasteiger partial charge in [0.05, 0.1) is 29.5 Å². The molecule has 0 aromatic heterocycles. The van der Waals surface area contributed by atoms with Crippen molar-refractivity contribution in [2.75, 3.05) is 10.9 Å². The average Bonchev–Trinajstić information content (AvgIpc) is 2.84. The fourth-order valence-electron chi connectivity index (χ4n) is 4.68. The first-order valence-electron chi connectivity index (χ1n) is 11.4. The second-order valence-electron chi connectivity index (χ2n) is 8.56. The van der Waals surface area contributed by atoms with Crippen LogP contribution in [0.15, 0.2) is 77.7 Å². The normalized spacial score (nSPS) is 19.4. The summed E-state index contributed by atoms with van der Waals surface area (Å²) in [5.41, 5.74) is 1.94. The Morgan fingerprint density at radius 1 is 1.06 bits per heavy atom. The van der Waals surface area contributed by atoms with E-state index in [1.807, 2.05) is 6.92 Å². The Hall–Kier alpha value is -3.43. The van der Waals surface area contributed by atoms with Crippen molar-refractivity contribution in [3.63, 3.8) is 0 Å². The lowest BCUT2D eigenvalue weighted by Gasteiger charge is -2.42. The number of benzene rings is 3. The maximum atomic E-state index is 14.1. The van der Waals surface area contributed by atoms with E-state index < -0.39 is 38.9 Å². The van der Waals surface area contributed by atoms with Crippen LogP contribution in [0.3, 0.4) is 0 Å². The van der Waals surface area contributed by atoms with Gasteiger partial charge >= 0.3 is 5.97 Å². The number of nitro groups is 1. The molecule has 0 bridgehead atoms. The van der Waals surface area contributed by atoms with Crippen LogP contribution in [0.1, 0.15) is 42.0 Å². The van der Waals surface area contributed by atoms with Crippen molar-refractivity contribution in [1.29, 1.82) is 0 Å². The first kappa shape index (κ1) is 25.7. The number of nitrogens with zero attached hydrogens (tertiary/aromatic N) is 2. The van der Waals surface area contributed by atoms with E-state index in [1.54, 1.807) is 67.6 Å². The minimum atomic E-state index is -4.25. The molecule has 36 heavy (non-hydrogen) atoms. The van der Waals surface area contributed by atoms with Crippen molar-refractivity contribution < 1.29 is 22.9 Å². The molecule has 0 N–H and O–H groups in total. The number of esters is 1. The lowest BCUT2D eigenvalue weighted by atomic mass is 9.78. The number of carbonyl (C=O) groups is 1. The number of rotatable bonds is 7. The summed E-state index contributed by atoms with van der Waals surface area (Å²) in [6.45, 7) is 3.63. The van der Waals surface area contributed by atoms with Crippen LogP contribution in [0.5, 0.6) is 0 Å². The molecule has 1 aliphatic heterocycles. The van der Waals surface area contributed by atoms with Crippen LogP contribution in [0.4, 0.5) is 5.69 Å². The molecular formula is C26H25ClN2O6S. The molecule has 3 atom stereocenters. The fraction of sp³-hybridized carbons (Fsp3) is 0.269. The molecule has 0 fully saturated rings. The number of fused-ring (bicyclic) bond motifs is 1. The highest BCUT2D eigenvalue weighted by atomic mass is 35.5. The van der Waals surface area contributed by atoms with Gasteiger partial charge in [-0.15, -0.1) is 0 Å². The Morgan fingerprint density at radius 3 is 2.31 bits per heavy atom. The van der Waals surface area contributed by atoms with E-state index >= 15 is 0 Å². The van der Waals surface area contributed by atoms with E-state index in [9.17, 15) is 23.3 Å². The number of ether oxygens (including phenoxy) is 1. The van der Waals surface area contributed by atoms with Gasteiger partial charge in [0.2, 0.25) is 6.04 Å². The minimum absolute atomic E-state index is 0.00723. The molecule has 3 aromatic carbocycles. The van der Waals surface area contributed by atoms with E-state index in [1.165, 1.54) is 12.1 Å². The third kappa shape index (κ3) is 4.81. The van der Waals surface area contributed by atoms with Gasteiger partial charge in [0.15, 0.2) is 0 Å². The molecule has 1 heterocycles. The molecule has 8 nitrogen and oxygen atoms in total. The van der Waals surface area contributed by atoms with Gasteiger partial charge in [-0.2, -0.15) is 0 Å². The molecule has 188 valence electrons. The van der Waals surface area contributed by atoms with Gasteiger partial charge in [-0.3, -0.25) is 19.2 Å². The standard InChI is InChI=1S/C26H25ClN2O6S/c1-3-35-24(30)16-22-21-6-4-5-7-23(21)28(36(33,34)20-14-8-17(2)9-15-20)25(26(22)29(31)32)18-10-12-19(27)13-11-18/h4-15,22,25-26H,3,16H2,1-2H3/t22-,25-,26+/m1/s1. The summed E-state index contributed by atoms with van der Waals surface area (Å²) in [6.07, 6.45) is -0.265. The SMILES string of the molecule is CCOC(=O)C[C@@H]1c2ccccc2N(S(=O)(=O)c2ccc(C)cc2)[C@H](c2ccc(Cl)cc2)[C@H]1[N+](=O)[O-]. The first-order chi connectivity index (χ1) is 17.1. The maximum Gasteiger partial charge on any atom is 0.306 e. The summed E-state index contributed by atoms with van der Waals surface area (Å²) in [7, 11) is -4.25. The van der Waals surface area contributed by atoms with Gasteiger partial charge in [0, 0.05) is 9.95 Å². The molecule has 1 aliphatic rings. The van der Waals surface area contributed by atoms with Crippen molar-refractivity contribution in [1.82, 2.24) is 0 Å². The second kappa shape index (κ2) is 10.3. The third-order valence-electron chi connectivity index (χ3n) is 6.29. The number of halogens is 1. The third-order valence-corrected chi connectivity index (χ3v) is 8.35. The van der Waals surface area contributed by atoms with E-state index in [-0.39, 0.29) is 23.6 Å². The number of hydrogen-bond acceptors (Lipinski definition) is 6. The Balaban J connectivity index is 2.00. The van der Waals surface area contributed by atoms with Gasteiger partial charge in [0.1, 0.15) is 6.04 Å². The van der Waals surface area contributed by atoms with Crippen molar-refractivity contribution >= 4 is 33.3 Å². The van der Waals surface area contributed by atoms with E-state index in [2.05, 4.69) is 0 Å². The summed E-state index contributed by atoms with van der Waals surface area (Å²) in [5, 5.41) is 13.0. The Labute approximate surface area is 214 Å². The van der Waals surface area contributed by atoms with Gasteiger partial charge < -0.3 is 4.74 Å². The molecule has 10 heteroatoms. The summed E-state index contributed by atoms with van der Waals surface area (Å²) >= 11 is 6.07. The molecule has 0 saturated heterocycles. The largest absolute Gasteiger partial charge is 0.466 e. The molecule has 0 amide bonds. The number of sulfonamides is 1. The second-order valence-corrected chi connectivity index (χ2v) is 10.8. The van der Waals surface area contributed by atoms with Gasteiger partial charge in [0.25, 0.3) is 10.0 Å². The quantitative estimate of drug-likeness (QED) is 0.234. The summed E-state index contributed by atoms with van der Waals surface area (Å²) in [6, 6.07) is 16.5. The number of hydrogen-bond donors (Lipinski definition) is 0. The fourth-order valence-corrected chi connectivity index (χ4v) is 6.49. The lowest BCUT2D eigenvalue weighted by Crippen LogP contribution is -2.50. The highest BCUT2D eigenvalue weighted by Crippen LogP contribution is 2.49. The molecule has 0 aliphatic carbocycles. The molecule has 3 aromatic rings. The smallest absolute Gasteiger partial charge is 0.306 e. The van der Waals surface area contributed by atoms with Crippen LogP contribution in [-0.2, 0) is 19.6 Å². The maximum absolute atomic E-state index is 14.1. The van der Waals surface area contributed by atoms with Crippen LogP contribution in [-0.4, -0.2) is 32.0 Å². The highest BCUT2D eigenvalue weighted by Gasteiger charge is 2.53. The molecule has 0 saturated carbocycles. The van der Waals surface area contributed by atoms with Crippen LogP contribution < -0.4 is 4.31 Å². The minimum Gasteiger partial charge on any atom is -0.466 e. The van der Waals surface area contributed by atoms with E-state index in [0.717, 1.165) is 9.87 Å². The predicted molar refractivity (Wildman–Crippen MR) is 136 cm³/mol. The molecule has 0 unspecified atom stereocenters. The Kier molecular flexibility index (Phi) is 7.33. The monoisotopic (exact) mass is 528 g/mol. The molecule has 4 rings (SSSR count). The number of anilines is 1. The van der Waals surface area contributed by atoms with Gasteiger partial charge in [-0.25, -0.2) is 8.42 Å². The predicted octanol–water partition coefficient (Wildman–Crippen LogP) is 5.28. The van der Waals surface area contributed by atoms with Crippen molar-refractivity contribution in [3.05, 3.63) is 105 Å². The van der Waals surface area contributed by atoms with Crippen LogP contribution in [0.25, 0.3) is 0 Å². The van der Waals surface area contributed by atoms with Crippen LogP contribution in [0.2, 0.25) is 5.02 Å². The summed E-state index contributed by atoms with van der Waals surface area (Å²) in [4.78, 5) is 24.6. The van der Waals surface area contributed by atoms with E-state index in [0.29, 0.717) is 16.1 Å². The zero-order valence-electron chi connectivity index (χ0n) is 19.7. The molecule has 0 spiro atoms. The van der Waals surface area contributed by atoms with Crippen LogP contribution >= 0.6 is 11.6 Å². The summed E-state index contributed by atoms with van der Waals surface area (Å²) < 4.78 is 34.4. The van der Waals surface area contributed by atoms with Crippen LogP contribution in [0, 0.1) is 17.0 Å². The lowest BCUT2D eigenvalue weighted by molar-refractivity contribution is -0.531. The number of aryl methyl sites for hydroxylation is 1.